The van der Waals surface area contributed by atoms with E-state index in [-0.39, 0.29) is 0 Å². The van der Waals surface area contributed by atoms with Crippen molar-refractivity contribution in [3.63, 3.8) is 0 Å². The van der Waals surface area contributed by atoms with Gasteiger partial charge < -0.3 is 29.4 Å². The molecule has 4 heterocycles. The predicted molar refractivity (Wildman–Crippen MR) is 112 cm³/mol. The lowest BCUT2D eigenvalue weighted by molar-refractivity contribution is -0.257. The van der Waals surface area contributed by atoms with Crippen LogP contribution in [0.15, 0.2) is 18.5 Å². The van der Waals surface area contributed by atoms with Gasteiger partial charge in [0.25, 0.3) is 0 Å². The van der Waals surface area contributed by atoms with Crippen molar-refractivity contribution >= 4 is 17.5 Å². The topological polar surface area (TPSA) is 143 Å². The summed E-state index contributed by atoms with van der Waals surface area (Å²) >= 11 is 0. The molecule has 176 valence electrons. The van der Waals surface area contributed by atoms with Crippen molar-refractivity contribution in [3.8, 4) is 6.07 Å². The second-order valence-corrected chi connectivity index (χ2v) is 9.50. The van der Waals surface area contributed by atoms with Gasteiger partial charge >= 0.3 is 11.9 Å². The van der Waals surface area contributed by atoms with Gasteiger partial charge in [0.1, 0.15) is 35.7 Å². The van der Waals surface area contributed by atoms with Crippen molar-refractivity contribution in [3.05, 3.63) is 24.2 Å². The minimum absolute atomic E-state index is 0.293. The Hall–Kier alpha value is -2.94. The first-order valence-electron chi connectivity index (χ1n) is 11.1. The van der Waals surface area contributed by atoms with Gasteiger partial charge in [-0.15, -0.1) is 0 Å². The van der Waals surface area contributed by atoms with Crippen LogP contribution in [-0.2, 0) is 23.7 Å². The highest BCUT2D eigenvalue weighted by molar-refractivity contribution is 5.65. The predicted octanol–water partition coefficient (Wildman–Crippen LogP) is 3.00. The SMILES string of the molecule is CC1(OC(=O)O[C@@]2(C#N)O[C@@H](c3ccc4c(N)ncnn34)[C@@H]3OC(C)(C)O[C@@H]32)CCCCC1. The molecule has 5 rings (SSSR count). The molecule has 2 aliphatic heterocycles. The summed E-state index contributed by atoms with van der Waals surface area (Å²) < 4.78 is 30.9. The zero-order chi connectivity index (χ0) is 23.4. The number of nitrogen functional groups attached to an aromatic ring is 1. The van der Waals surface area contributed by atoms with Crippen LogP contribution < -0.4 is 5.73 Å². The molecule has 0 spiro atoms. The number of nitriles is 1. The summed E-state index contributed by atoms with van der Waals surface area (Å²) in [4.78, 5) is 16.8. The monoisotopic (exact) mass is 457 g/mol. The number of nitrogens with zero attached hydrogens (tertiary/aromatic N) is 4. The van der Waals surface area contributed by atoms with Gasteiger partial charge in [0.15, 0.2) is 17.7 Å². The van der Waals surface area contributed by atoms with E-state index in [1.54, 1.807) is 30.5 Å². The largest absolute Gasteiger partial charge is 0.512 e. The molecule has 3 fully saturated rings. The van der Waals surface area contributed by atoms with Crippen LogP contribution in [0.5, 0.6) is 0 Å². The lowest BCUT2D eigenvalue weighted by Gasteiger charge is -2.34. The Kier molecular flexibility index (Phi) is 5.00. The van der Waals surface area contributed by atoms with Crippen molar-refractivity contribution < 1.29 is 28.5 Å². The minimum atomic E-state index is -2.06. The Balaban J connectivity index is 1.47. The molecule has 0 amide bonds. The number of nitrogens with two attached hydrogens (primary N) is 1. The van der Waals surface area contributed by atoms with Crippen LogP contribution in [0.4, 0.5) is 10.6 Å². The van der Waals surface area contributed by atoms with Crippen LogP contribution in [0.2, 0.25) is 0 Å². The Morgan fingerprint density at radius 3 is 2.67 bits per heavy atom. The van der Waals surface area contributed by atoms with Crippen molar-refractivity contribution in [2.75, 3.05) is 5.73 Å². The molecule has 0 bridgehead atoms. The summed E-state index contributed by atoms with van der Waals surface area (Å²) in [6, 6.07) is 5.50. The molecule has 2 aromatic rings. The van der Waals surface area contributed by atoms with E-state index in [2.05, 4.69) is 10.1 Å². The second-order valence-electron chi connectivity index (χ2n) is 9.50. The van der Waals surface area contributed by atoms with Crippen LogP contribution in [0.3, 0.4) is 0 Å². The highest BCUT2D eigenvalue weighted by Crippen LogP contribution is 2.50. The quantitative estimate of drug-likeness (QED) is 0.683. The summed E-state index contributed by atoms with van der Waals surface area (Å²) in [6.07, 6.45) is 2.29. The Morgan fingerprint density at radius 1 is 1.18 bits per heavy atom. The van der Waals surface area contributed by atoms with Gasteiger partial charge in [0.05, 0.1) is 5.69 Å². The fourth-order valence-corrected chi connectivity index (χ4v) is 4.99. The number of hydrogen-bond acceptors (Lipinski definition) is 10. The van der Waals surface area contributed by atoms with E-state index in [9.17, 15) is 10.1 Å². The standard InChI is InChI=1S/C22H27N5O6/c1-20(2)29-16-15(13-7-8-14-18(24)25-12-26-27(13)14)30-22(11-23,17(16)31-20)33-19(28)32-21(3)9-5-4-6-10-21/h7-8,12,15-17H,4-6,9-10H2,1-3H3,(H2,24,25,26)/t15-,16-,17-,22+/m0/s1. The number of aromatic nitrogens is 3. The van der Waals surface area contributed by atoms with E-state index < -0.39 is 41.6 Å². The van der Waals surface area contributed by atoms with Crippen LogP contribution in [0, 0.1) is 11.3 Å². The molecular weight excluding hydrogens is 430 g/mol. The van der Waals surface area contributed by atoms with E-state index in [1.165, 1.54) is 6.33 Å². The van der Waals surface area contributed by atoms with Crippen molar-refractivity contribution in [2.24, 2.45) is 0 Å². The van der Waals surface area contributed by atoms with Gasteiger partial charge in [-0.3, -0.25) is 0 Å². The summed E-state index contributed by atoms with van der Waals surface area (Å²) in [6.45, 7) is 5.33. The first-order chi connectivity index (χ1) is 15.7. The number of carbonyl (C=O) groups is 1. The highest BCUT2D eigenvalue weighted by atomic mass is 16.9. The fraction of sp³-hybridized carbons (Fsp3) is 0.636. The number of carbonyl (C=O) groups excluding carboxylic acids is 1. The van der Waals surface area contributed by atoms with E-state index in [0.29, 0.717) is 17.0 Å². The Bertz CT molecular complexity index is 1120. The molecule has 0 aromatic carbocycles. The molecule has 11 nitrogen and oxygen atoms in total. The third-order valence-corrected chi connectivity index (χ3v) is 6.54. The zero-order valence-electron chi connectivity index (χ0n) is 18.8. The fourth-order valence-electron chi connectivity index (χ4n) is 4.99. The van der Waals surface area contributed by atoms with Crippen LogP contribution in [0.1, 0.15) is 64.7 Å². The maximum atomic E-state index is 12.8. The van der Waals surface area contributed by atoms with Gasteiger partial charge in [-0.05, 0) is 58.6 Å². The van der Waals surface area contributed by atoms with Crippen LogP contribution in [0.25, 0.3) is 5.52 Å². The molecule has 4 atom stereocenters. The minimum Gasteiger partial charge on any atom is -0.428 e. The van der Waals surface area contributed by atoms with Gasteiger partial charge in [-0.1, -0.05) is 6.42 Å². The number of hydrogen-bond donors (Lipinski definition) is 1. The van der Waals surface area contributed by atoms with E-state index in [4.69, 9.17) is 29.4 Å². The van der Waals surface area contributed by atoms with Crippen molar-refractivity contribution in [1.82, 2.24) is 14.6 Å². The molecule has 2 N–H and O–H groups in total. The summed E-state index contributed by atoms with van der Waals surface area (Å²) in [5.74, 6) is -2.79. The normalized spacial score (nSPS) is 32.2. The molecule has 2 aromatic heterocycles. The van der Waals surface area contributed by atoms with Gasteiger partial charge in [-0.25, -0.2) is 14.3 Å². The summed E-state index contributed by atoms with van der Waals surface area (Å²) in [5, 5.41) is 14.4. The number of rotatable bonds is 3. The van der Waals surface area contributed by atoms with Crippen LogP contribution in [-0.4, -0.2) is 50.1 Å². The zero-order valence-corrected chi connectivity index (χ0v) is 18.8. The molecular formula is C22H27N5O6. The van der Waals surface area contributed by atoms with E-state index in [0.717, 1.165) is 32.1 Å². The Labute approximate surface area is 190 Å². The molecule has 33 heavy (non-hydrogen) atoms. The highest BCUT2D eigenvalue weighted by Gasteiger charge is 2.67. The third-order valence-electron chi connectivity index (χ3n) is 6.54. The van der Waals surface area contributed by atoms with Gasteiger partial charge in [0.2, 0.25) is 0 Å². The van der Waals surface area contributed by atoms with Crippen molar-refractivity contribution in [2.45, 2.75) is 88.4 Å². The summed E-state index contributed by atoms with van der Waals surface area (Å²) in [5.41, 5.74) is 6.45. The average Bonchev–Trinajstić information content (AvgIpc) is 3.40. The first kappa shape index (κ1) is 21.9. The molecule has 0 radical (unpaired) electrons. The molecule has 1 aliphatic carbocycles. The number of fused-ring (bicyclic) bond motifs is 2. The molecule has 0 unspecified atom stereocenters. The summed E-state index contributed by atoms with van der Waals surface area (Å²) in [7, 11) is 0. The smallest absolute Gasteiger partial charge is 0.428 e. The van der Waals surface area contributed by atoms with Gasteiger partial charge in [-0.2, -0.15) is 10.4 Å². The third kappa shape index (κ3) is 3.68. The van der Waals surface area contributed by atoms with E-state index in [1.807, 2.05) is 13.0 Å². The molecule has 1 saturated carbocycles. The van der Waals surface area contributed by atoms with E-state index >= 15 is 0 Å². The Morgan fingerprint density at radius 2 is 1.94 bits per heavy atom. The molecule has 11 heteroatoms. The maximum Gasteiger partial charge on any atom is 0.512 e. The second kappa shape index (κ2) is 7.55. The number of anilines is 1. The van der Waals surface area contributed by atoms with Crippen molar-refractivity contribution in [1.29, 1.82) is 5.26 Å². The van der Waals surface area contributed by atoms with Gasteiger partial charge in [0, 0.05) is 0 Å². The average molecular weight is 457 g/mol. The lowest BCUT2D eigenvalue weighted by atomic mass is 9.86. The first-order valence-corrected chi connectivity index (χ1v) is 11.1. The molecule has 2 saturated heterocycles. The van der Waals surface area contributed by atoms with Crippen LogP contribution >= 0.6 is 0 Å². The molecule has 3 aliphatic rings. The number of ether oxygens (including phenoxy) is 5. The maximum absolute atomic E-state index is 12.8. The lowest BCUT2D eigenvalue weighted by Crippen LogP contribution is -2.47.